The number of hydrogen-bond donors (Lipinski definition) is 2. The quantitative estimate of drug-likeness (QED) is 0.288. The average Bonchev–Trinajstić information content (AvgIpc) is 2.49. The van der Waals surface area contributed by atoms with Gasteiger partial charge >= 0.3 is 11.9 Å². The zero-order valence-electron chi connectivity index (χ0n) is 13.3. The van der Waals surface area contributed by atoms with Crippen LogP contribution in [0.2, 0.25) is 0 Å². The first-order valence-electron chi connectivity index (χ1n) is 7.19. The van der Waals surface area contributed by atoms with Crippen LogP contribution in [0.3, 0.4) is 0 Å². The molecule has 0 aromatic heterocycles. The molecule has 0 heterocycles. The lowest BCUT2D eigenvalue weighted by atomic mass is 10.1. The van der Waals surface area contributed by atoms with Crippen LogP contribution in [0.15, 0.2) is 0 Å². The van der Waals surface area contributed by atoms with Gasteiger partial charge in [0.15, 0.2) is 0 Å². The lowest BCUT2D eigenvalue weighted by Gasteiger charge is -2.11. The van der Waals surface area contributed by atoms with Crippen LogP contribution in [0.5, 0.6) is 0 Å². The molecule has 0 aliphatic heterocycles. The SMILES string of the molecule is COC(=O)CCCCC(=O)CCSSC[C@H](NC(C)=O)C(=O)O. The average molecular weight is 365 g/mol. The zero-order chi connectivity index (χ0) is 17.7. The van der Waals surface area contributed by atoms with Gasteiger partial charge in [-0.15, -0.1) is 0 Å². The molecule has 0 spiro atoms. The lowest BCUT2D eigenvalue weighted by Crippen LogP contribution is -2.41. The number of hydrogen-bond acceptors (Lipinski definition) is 7. The highest BCUT2D eigenvalue weighted by Crippen LogP contribution is 2.23. The Morgan fingerprint density at radius 3 is 2.30 bits per heavy atom. The van der Waals surface area contributed by atoms with Crippen LogP contribution in [0, 0.1) is 0 Å². The molecule has 2 N–H and O–H groups in total. The summed E-state index contributed by atoms with van der Waals surface area (Å²) in [5.74, 6) is -0.768. The maximum Gasteiger partial charge on any atom is 0.327 e. The topological polar surface area (TPSA) is 110 Å². The normalized spacial score (nSPS) is 11.6. The fourth-order valence-electron chi connectivity index (χ4n) is 1.57. The number of rotatable bonds is 13. The Bertz CT molecular complexity index is 416. The summed E-state index contributed by atoms with van der Waals surface area (Å²) in [7, 11) is 4.06. The van der Waals surface area contributed by atoms with Gasteiger partial charge in [0.05, 0.1) is 7.11 Å². The van der Waals surface area contributed by atoms with Crippen molar-refractivity contribution in [2.45, 2.75) is 45.1 Å². The first-order valence-corrected chi connectivity index (χ1v) is 9.68. The van der Waals surface area contributed by atoms with Gasteiger partial charge in [0.2, 0.25) is 5.91 Å². The summed E-state index contributed by atoms with van der Waals surface area (Å²) >= 11 is 0. The fourth-order valence-corrected chi connectivity index (χ4v) is 3.76. The number of amides is 1. The number of carbonyl (C=O) groups is 4. The third-order valence-electron chi connectivity index (χ3n) is 2.77. The molecular weight excluding hydrogens is 342 g/mol. The van der Waals surface area contributed by atoms with Crippen molar-refractivity contribution in [2.24, 2.45) is 0 Å². The van der Waals surface area contributed by atoms with E-state index in [-0.39, 0.29) is 23.4 Å². The molecule has 0 aliphatic carbocycles. The van der Waals surface area contributed by atoms with E-state index >= 15 is 0 Å². The molecule has 0 saturated carbocycles. The van der Waals surface area contributed by atoms with E-state index in [0.717, 1.165) is 0 Å². The molecule has 0 rings (SSSR count). The van der Waals surface area contributed by atoms with Gasteiger partial charge in [-0.25, -0.2) is 4.79 Å². The molecule has 0 saturated heterocycles. The number of unbranched alkanes of at least 4 members (excludes halogenated alkanes) is 1. The maximum absolute atomic E-state index is 11.6. The van der Waals surface area contributed by atoms with Crippen molar-refractivity contribution in [3.8, 4) is 0 Å². The van der Waals surface area contributed by atoms with Crippen LogP contribution in [0.1, 0.15) is 39.0 Å². The maximum atomic E-state index is 11.6. The van der Waals surface area contributed by atoms with Gasteiger partial charge in [-0.3, -0.25) is 14.4 Å². The first kappa shape index (κ1) is 21.8. The van der Waals surface area contributed by atoms with Gasteiger partial charge in [0, 0.05) is 37.7 Å². The molecule has 0 unspecified atom stereocenters. The van der Waals surface area contributed by atoms with Crippen LogP contribution in [0.4, 0.5) is 0 Å². The molecule has 0 bridgehead atoms. The van der Waals surface area contributed by atoms with Crippen molar-refractivity contribution >= 4 is 45.2 Å². The van der Waals surface area contributed by atoms with Crippen molar-refractivity contribution in [2.75, 3.05) is 18.6 Å². The number of carboxylic acid groups (broad SMARTS) is 1. The molecule has 0 aromatic carbocycles. The number of esters is 1. The van der Waals surface area contributed by atoms with Crippen LogP contribution in [0.25, 0.3) is 0 Å². The van der Waals surface area contributed by atoms with E-state index in [2.05, 4.69) is 10.1 Å². The Labute approximate surface area is 143 Å². The van der Waals surface area contributed by atoms with Gasteiger partial charge < -0.3 is 15.2 Å². The Morgan fingerprint density at radius 1 is 1.09 bits per heavy atom. The van der Waals surface area contributed by atoms with E-state index < -0.39 is 12.0 Å². The summed E-state index contributed by atoms with van der Waals surface area (Å²) in [5, 5.41) is 11.3. The van der Waals surface area contributed by atoms with Crippen molar-refractivity contribution in [3.63, 3.8) is 0 Å². The predicted molar refractivity (Wildman–Crippen MR) is 90.3 cm³/mol. The third-order valence-corrected chi connectivity index (χ3v) is 5.19. The molecule has 1 atom stereocenters. The van der Waals surface area contributed by atoms with Crippen LogP contribution in [-0.2, 0) is 23.9 Å². The second-order valence-electron chi connectivity index (χ2n) is 4.77. The van der Waals surface area contributed by atoms with Crippen LogP contribution < -0.4 is 5.32 Å². The molecule has 132 valence electrons. The van der Waals surface area contributed by atoms with Gasteiger partial charge in [-0.05, 0) is 12.8 Å². The molecule has 0 aliphatic rings. The van der Waals surface area contributed by atoms with E-state index in [1.165, 1.54) is 35.6 Å². The van der Waals surface area contributed by atoms with Gasteiger partial charge in [-0.2, -0.15) is 0 Å². The zero-order valence-corrected chi connectivity index (χ0v) is 15.0. The molecule has 1 amide bonds. The summed E-state index contributed by atoms with van der Waals surface area (Å²) in [6.07, 6.45) is 2.47. The minimum atomic E-state index is -1.07. The fraction of sp³-hybridized carbons (Fsp3) is 0.714. The van der Waals surface area contributed by atoms with E-state index in [1.54, 1.807) is 0 Å². The number of carbonyl (C=O) groups excluding carboxylic acids is 3. The molecule has 9 heteroatoms. The van der Waals surface area contributed by atoms with Crippen molar-refractivity contribution in [3.05, 3.63) is 0 Å². The van der Waals surface area contributed by atoms with Gasteiger partial charge in [0.1, 0.15) is 11.8 Å². The molecule has 0 fully saturated rings. The second-order valence-corrected chi connectivity index (χ2v) is 7.40. The number of nitrogens with one attached hydrogen (secondary N) is 1. The summed E-state index contributed by atoms with van der Waals surface area (Å²) in [4.78, 5) is 44.3. The summed E-state index contributed by atoms with van der Waals surface area (Å²) < 4.78 is 4.51. The van der Waals surface area contributed by atoms with E-state index in [9.17, 15) is 19.2 Å². The van der Waals surface area contributed by atoms with Gasteiger partial charge in [0.25, 0.3) is 0 Å². The minimum Gasteiger partial charge on any atom is -0.480 e. The number of carboxylic acids is 1. The Kier molecular flexibility index (Phi) is 12.5. The lowest BCUT2D eigenvalue weighted by molar-refractivity contribution is -0.141. The van der Waals surface area contributed by atoms with Crippen molar-refractivity contribution < 1.29 is 29.0 Å². The van der Waals surface area contributed by atoms with E-state index in [1.807, 2.05) is 0 Å². The summed E-state index contributed by atoms with van der Waals surface area (Å²) in [6.45, 7) is 1.27. The smallest absolute Gasteiger partial charge is 0.327 e. The number of ether oxygens (including phenoxy) is 1. The van der Waals surface area contributed by atoms with E-state index in [4.69, 9.17) is 5.11 Å². The van der Waals surface area contributed by atoms with Crippen LogP contribution in [-0.4, -0.2) is 53.4 Å². The van der Waals surface area contributed by atoms with Crippen molar-refractivity contribution in [1.29, 1.82) is 0 Å². The third kappa shape index (κ3) is 13.0. The second kappa shape index (κ2) is 13.2. The first-order chi connectivity index (χ1) is 10.9. The van der Waals surface area contributed by atoms with Crippen molar-refractivity contribution in [1.82, 2.24) is 5.32 Å². The molecule has 0 radical (unpaired) electrons. The molecular formula is C14H23NO6S2. The number of aliphatic carboxylic acids is 1. The highest BCUT2D eigenvalue weighted by atomic mass is 33.1. The highest BCUT2D eigenvalue weighted by molar-refractivity contribution is 8.76. The van der Waals surface area contributed by atoms with Crippen LogP contribution >= 0.6 is 21.6 Å². The standard InChI is InChI=1S/C14H23NO6S2/c1-10(16)15-12(14(19)20)9-23-22-8-7-11(17)5-3-4-6-13(18)21-2/h12H,3-9H2,1-2H3,(H,15,16)(H,19,20)/t12-/m0/s1. The molecule has 7 nitrogen and oxygen atoms in total. The minimum absolute atomic E-state index is 0.125. The largest absolute Gasteiger partial charge is 0.480 e. The Hall–Kier alpha value is -1.22. The van der Waals surface area contributed by atoms with Gasteiger partial charge in [-0.1, -0.05) is 21.6 Å². The molecule has 23 heavy (non-hydrogen) atoms. The number of ketones is 1. The number of Topliss-reactive ketones (excluding diaryl/α,β-unsaturated/α-hetero) is 1. The summed E-state index contributed by atoms with van der Waals surface area (Å²) in [5.41, 5.74) is 0. The highest BCUT2D eigenvalue weighted by Gasteiger charge is 2.18. The van der Waals surface area contributed by atoms with E-state index in [0.29, 0.717) is 37.9 Å². The number of methoxy groups -OCH3 is 1. The Morgan fingerprint density at radius 2 is 1.74 bits per heavy atom. The molecule has 0 aromatic rings. The summed E-state index contributed by atoms with van der Waals surface area (Å²) in [6, 6.07) is -0.918. The predicted octanol–water partition coefficient (Wildman–Crippen LogP) is 1.65. The monoisotopic (exact) mass is 365 g/mol. The Balaban J connectivity index is 3.66.